The molecule has 0 bridgehead atoms. The predicted molar refractivity (Wildman–Crippen MR) is 81.0 cm³/mol. The second kappa shape index (κ2) is 5.95. The molecule has 6 nitrogen and oxygen atoms in total. The minimum atomic E-state index is -0.924. The summed E-state index contributed by atoms with van der Waals surface area (Å²) in [5, 5.41) is 15.4. The standard InChI is InChI=1S/C15H11ClN2O4/c16-10-1-7-13(8-2-10)21-15-17-18(14(9-19)22-15)11-3-5-12(20)6-4-11/h1-9,14,20H. The van der Waals surface area contributed by atoms with Crippen molar-refractivity contribution in [2.75, 3.05) is 5.01 Å². The van der Waals surface area contributed by atoms with E-state index in [1.807, 2.05) is 0 Å². The number of hydrazone groups is 1. The van der Waals surface area contributed by atoms with Crippen LogP contribution in [0.25, 0.3) is 0 Å². The van der Waals surface area contributed by atoms with Crippen LogP contribution in [0.5, 0.6) is 11.5 Å². The number of aldehydes is 1. The molecule has 1 atom stereocenters. The Kier molecular flexibility index (Phi) is 3.84. The summed E-state index contributed by atoms with van der Waals surface area (Å²) in [6, 6.07) is 12.9. The van der Waals surface area contributed by atoms with Gasteiger partial charge in [0, 0.05) is 5.02 Å². The van der Waals surface area contributed by atoms with Crippen molar-refractivity contribution < 1.29 is 19.4 Å². The number of carbonyl (C=O) groups is 1. The number of halogens is 1. The maximum atomic E-state index is 11.1. The average Bonchev–Trinajstić information content (AvgIpc) is 2.93. The lowest BCUT2D eigenvalue weighted by molar-refractivity contribution is -0.113. The molecule has 0 saturated heterocycles. The van der Waals surface area contributed by atoms with Gasteiger partial charge in [0.05, 0.1) is 5.69 Å². The van der Waals surface area contributed by atoms with Crippen LogP contribution >= 0.6 is 11.6 Å². The van der Waals surface area contributed by atoms with Gasteiger partial charge in [-0.15, -0.1) is 0 Å². The van der Waals surface area contributed by atoms with Gasteiger partial charge in [0.15, 0.2) is 6.29 Å². The van der Waals surface area contributed by atoms with E-state index in [9.17, 15) is 9.90 Å². The van der Waals surface area contributed by atoms with E-state index in [1.165, 1.54) is 17.1 Å². The highest BCUT2D eigenvalue weighted by molar-refractivity contribution is 6.30. The van der Waals surface area contributed by atoms with E-state index in [0.717, 1.165) is 0 Å². The summed E-state index contributed by atoms with van der Waals surface area (Å²) in [5.74, 6) is 0.605. The maximum absolute atomic E-state index is 11.1. The monoisotopic (exact) mass is 318 g/mol. The third-order valence-corrected chi connectivity index (χ3v) is 3.15. The zero-order chi connectivity index (χ0) is 15.5. The first-order valence-corrected chi connectivity index (χ1v) is 6.76. The minimum Gasteiger partial charge on any atom is -0.508 e. The van der Waals surface area contributed by atoms with E-state index in [2.05, 4.69) is 5.10 Å². The molecule has 2 aromatic carbocycles. The molecule has 0 aromatic heterocycles. The van der Waals surface area contributed by atoms with Crippen LogP contribution in [0.1, 0.15) is 0 Å². The van der Waals surface area contributed by atoms with Gasteiger partial charge in [0.2, 0.25) is 0 Å². The molecule has 1 N–H and O–H groups in total. The molecule has 1 aliphatic heterocycles. The van der Waals surface area contributed by atoms with Crippen LogP contribution in [0, 0.1) is 0 Å². The number of phenolic OH excluding ortho intramolecular Hbond substituents is 1. The van der Waals surface area contributed by atoms with Gasteiger partial charge in [-0.25, -0.2) is 5.01 Å². The van der Waals surface area contributed by atoms with E-state index in [1.54, 1.807) is 36.4 Å². The quantitative estimate of drug-likeness (QED) is 0.881. The molecule has 1 aliphatic rings. The molecule has 1 unspecified atom stereocenters. The van der Waals surface area contributed by atoms with Crippen molar-refractivity contribution in [2.45, 2.75) is 6.23 Å². The summed E-state index contributed by atoms with van der Waals surface area (Å²) in [7, 11) is 0. The number of hydrogen-bond acceptors (Lipinski definition) is 6. The molecular formula is C15H11ClN2O4. The lowest BCUT2D eigenvalue weighted by atomic mass is 10.3. The van der Waals surface area contributed by atoms with Crippen LogP contribution in [0.4, 0.5) is 5.69 Å². The molecule has 22 heavy (non-hydrogen) atoms. The fourth-order valence-corrected chi connectivity index (χ4v) is 1.99. The van der Waals surface area contributed by atoms with E-state index in [4.69, 9.17) is 21.1 Å². The molecule has 0 spiro atoms. The first kappa shape index (κ1) is 14.2. The zero-order valence-corrected chi connectivity index (χ0v) is 12.0. The van der Waals surface area contributed by atoms with Gasteiger partial charge < -0.3 is 14.6 Å². The number of benzene rings is 2. The zero-order valence-electron chi connectivity index (χ0n) is 11.2. The third-order valence-electron chi connectivity index (χ3n) is 2.90. The molecule has 0 saturated carbocycles. The number of rotatable bonds is 3. The second-order valence-electron chi connectivity index (χ2n) is 4.43. The van der Waals surface area contributed by atoms with Crippen molar-refractivity contribution in [1.82, 2.24) is 0 Å². The van der Waals surface area contributed by atoms with Gasteiger partial charge in [0.1, 0.15) is 11.5 Å². The summed E-state index contributed by atoms with van der Waals surface area (Å²) in [6.45, 7) is 0. The Morgan fingerprint density at radius 3 is 2.50 bits per heavy atom. The molecule has 0 fully saturated rings. The van der Waals surface area contributed by atoms with Gasteiger partial charge >= 0.3 is 6.08 Å². The van der Waals surface area contributed by atoms with E-state index < -0.39 is 6.23 Å². The Balaban J connectivity index is 1.81. The molecule has 3 rings (SSSR count). The topological polar surface area (TPSA) is 71.4 Å². The summed E-state index contributed by atoms with van der Waals surface area (Å²) < 4.78 is 10.8. The van der Waals surface area contributed by atoms with Gasteiger partial charge in [0.25, 0.3) is 6.23 Å². The van der Waals surface area contributed by atoms with Crippen LogP contribution in [0.3, 0.4) is 0 Å². The number of aromatic hydroxyl groups is 1. The molecule has 0 amide bonds. The van der Waals surface area contributed by atoms with Crippen LogP contribution < -0.4 is 9.75 Å². The summed E-state index contributed by atoms with van der Waals surface area (Å²) in [6.07, 6.45) is -0.367. The van der Waals surface area contributed by atoms with E-state index in [0.29, 0.717) is 22.7 Å². The Morgan fingerprint density at radius 1 is 1.18 bits per heavy atom. The summed E-state index contributed by atoms with van der Waals surface area (Å²) in [5.41, 5.74) is 0.588. The number of hydrogen-bond donors (Lipinski definition) is 1. The van der Waals surface area contributed by atoms with Crippen molar-refractivity contribution in [1.29, 1.82) is 0 Å². The van der Waals surface area contributed by atoms with Crippen molar-refractivity contribution in [3.05, 3.63) is 53.6 Å². The summed E-state index contributed by atoms with van der Waals surface area (Å²) >= 11 is 5.80. The molecule has 1 heterocycles. The van der Waals surface area contributed by atoms with Crippen molar-refractivity contribution in [3.63, 3.8) is 0 Å². The highest BCUT2D eigenvalue weighted by Gasteiger charge is 2.30. The molecule has 7 heteroatoms. The van der Waals surface area contributed by atoms with Crippen molar-refractivity contribution in [2.24, 2.45) is 5.10 Å². The molecule has 0 radical (unpaired) electrons. The Hall–Kier alpha value is -2.73. The molecule has 2 aromatic rings. The Morgan fingerprint density at radius 2 is 1.86 bits per heavy atom. The van der Waals surface area contributed by atoms with E-state index in [-0.39, 0.29) is 11.8 Å². The fourth-order valence-electron chi connectivity index (χ4n) is 1.87. The second-order valence-corrected chi connectivity index (χ2v) is 4.86. The van der Waals surface area contributed by atoms with Gasteiger partial charge in [-0.2, -0.15) is 0 Å². The number of ether oxygens (including phenoxy) is 2. The van der Waals surface area contributed by atoms with Crippen LogP contribution in [0.2, 0.25) is 5.02 Å². The SMILES string of the molecule is O=CC1OC(Oc2ccc(Cl)cc2)=NN1c1ccc(O)cc1. The first-order chi connectivity index (χ1) is 10.7. The minimum absolute atomic E-state index is 0.0486. The smallest absolute Gasteiger partial charge is 0.414 e. The third kappa shape index (κ3) is 2.96. The number of phenols is 1. The Bertz CT molecular complexity index is 700. The normalized spacial score (nSPS) is 16.9. The van der Waals surface area contributed by atoms with Crippen molar-refractivity contribution >= 4 is 29.7 Å². The first-order valence-electron chi connectivity index (χ1n) is 6.38. The summed E-state index contributed by atoms with van der Waals surface area (Å²) in [4.78, 5) is 11.1. The van der Waals surface area contributed by atoms with Gasteiger partial charge in [-0.1, -0.05) is 16.7 Å². The lowest BCUT2D eigenvalue weighted by Gasteiger charge is -2.16. The van der Waals surface area contributed by atoms with Gasteiger partial charge in [-0.3, -0.25) is 4.79 Å². The van der Waals surface area contributed by atoms with Crippen LogP contribution in [-0.2, 0) is 9.53 Å². The highest BCUT2D eigenvalue weighted by Crippen LogP contribution is 2.25. The average molecular weight is 319 g/mol. The lowest BCUT2D eigenvalue weighted by Crippen LogP contribution is -2.29. The molecule has 112 valence electrons. The van der Waals surface area contributed by atoms with E-state index >= 15 is 0 Å². The largest absolute Gasteiger partial charge is 0.508 e. The molecule has 0 aliphatic carbocycles. The van der Waals surface area contributed by atoms with Crippen LogP contribution in [0.15, 0.2) is 53.6 Å². The van der Waals surface area contributed by atoms with Crippen LogP contribution in [-0.4, -0.2) is 23.7 Å². The predicted octanol–water partition coefficient (Wildman–Crippen LogP) is 2.76. The highest BCUT2D eigenvalue weighted by atomic mass is 35.5. The number of carbonyl (C=O) groups excluding carboxylic acids is 1. The molecular weight excluding hydrogens is 308 g/mol. The van der Waals surface area contributed by atoms with Crippen molar-refractivity contribution in [3.8, 4) is 11.5 Å². The maximum Gasteiger partial charge on any atom is 0.414 e. The number of anilines is 1. The Labute approximate surface area is 131 Å². The number of nitrogens with zero attached hydrogens (tertiary/aromatic N) is 2. The van der Waals surface area contributed by atoms with Gasteiger partial charge in [-0.05, 0) is 48.5 Å². The fraction of sp³-hybridized carbons (Fsp3) is 0.0667.